The zero-order chi connectivity index (χ0) is 16.4. The Morgan fingerprint density at radius 1 is 1.00 bits per heavy atom. The van der Waals surface area contributed by atoms with Gasteiger partial charge in [-0.3, -0.25) is 4.79 Å². The summed E-state index contributed by atoms with van der Waals surface area (Å²) in [5.41, 5.74) is 1.73. The van der Waals surface area contributed by atoms with Crippen LogP contribution in [-0.4, -0.2) is 55.1 Å². The zero-order valence-corrected chi connectivity index (χ0v) is 14.0. The van der Waals surface area contributed by atoms with E-state index in [0.29, 0.717) is 0 Å². The van der Waals surface area contributed by atoms with Gasteiger partial charge < -0.3 is 15.1 Å². The minimum Gasteiger partial charge on any atom is -0.356 e. The molecule has 1 aromatic heterocycles. The number of nitrogens with one attached hydrogen (secondary N) is 1. The molecule has 5 heteroatoms. The third kappa shape index (κ3) is 2.96. The molecular weight excluding hydrogens is 300 g/mol. The number of pyridine rings is 1. The number of amides is 1. The summed E-state index contributed by atoms with van der Waals surface area (Å²) in [5, 5.41) is 4.40. The molecule has 0 saturated carbocycles. The summed E-state index contributed by atoms with van der Waals surface area (Å²) < 4.78 is 0. The Labute approximate surface area is 142 Å². The van der Waals surface area contributed by atoms with Gasteiger partial charge in [-0.05, 0) is 37.9 Å². The predicted molar refractivity (Wildman–Crippen MR) is 96.6 cm³/mol. The molecular formula is C19H24N4O. The largest absolute Gasteiger partial charge is 0.356 e. The number of carbonyl (C=O) groups excluding carboxylic acids is 1. The van der Waals surface area contributed by atoms with Crippen molar-refractivity contribution in [3.8, 4) is 0 Å². The van der Waals surface area contributed by atoms with Gasteiger partial charge in [0.1, 0.15) is 5.82 Å². The van der Waals surface area contributed by atoms with Gasteiger partial charge in [-0.1, -0.05) is 18.2 Å². The SMILES string of the molecule is O=C(c1cc2ccccc2nc1N1CCCC1)N1CCCNCC1. The first-order chi connectivity index (χ1) is 11.8. The molecule has 2 aromatic rings. The minimum absolute atomic E-state index is 0.124. The first-order valence-electron chi connectivity index (χ1n) is 8.98. The number of anilines is 1. The third-order valence-corrected chi connectivity index (χ3v) is 4.97. The molecule has 0 aliphatic carbocycles. The van der Waals surface area contributed by atoms with Crippen molar-refractivity contribution in [3.63, 3.8) is 0 Å². The van der Waals surface area contributed by atoms with Crippen LogP contribution in [-0.2, 0) is 0 Å². The van der Waals surface area contributed by atoms with Crippen LogP contribution < -0.4 is 10.2 Å². The van der Waals surface area contributed by atoms with Gasteiger partial charge in [-0.25, -0.2) is 4.98 Å². The molecule has 1 aromatic carbocycles. The van der Waals surface area contributed by atoms with E-state index < -0.39 is 0 Å². The van der Waals surface area contributed by atoms with Gasteiger partial charge in [0.2, 0.25) is 0 Å². The topological polar surface area (TPSA) is 48.5 Å². The lowest BCUT2D eigenvalue weighted by Crippen LogP contribution is -2.35. The van der Waals surface area contributed by atoms with Gasteiger partial charge >= 0.3 is 0 Å². The lowest BCUT2D eigenvalue weighted by atomic mass is 10.1. The van der Waals surface area contributed by atoms with Crippen molar-refractivity contribution in [1.29, 1.82) is 0 Å². The van der Waals surface area contributed by atoms with Gasteiger partial charge in [-0.2, -0.15) is 0 Å². The predicted octanol–water partition coefficient (Wildman–Crippen LogP) is 2.27. The second kappa shape index (κ2) is 6.77. The second-order valence-corrected chi connectivity index (χ2v) is 6.64. The van der Waals surface area contributed by atoms with E-state index in [0.717, 1.165) is 68.0 Å². The van der Waals surface area contributed by atoms with E-state index in [1.165, 1.54) is 12.8 Å². The molecule has 0 bridgehead atoms. The third-order valence-electron chi connectivity index (χ3n) is 4.97. The molecule has 2 aliphatic rings. The molecule has 0 radical (unpaired) electrons. The average Bonchev–Trinajstić information content (AvgIpc) is 3.02. The molecule has 1 N–H and O–H groups in total. The maximum Gasteiger partial charge on any atom is 0.257 e. The molecule has 1 amide bonds. The first-order valence-corrected chi connectivity index (χ1v) is 8.98. The Hall–Kier alpha value is -2.14. The van der Waals surface area contributed by atoms with Gasteiger partial charge in [-0.15, -0.1) is 0 Å². The number of rotatable bonds is 2. The molecule has 0 spiro atoms. The molecule has 0 unspecified atom stereocenters. The molecule has 24 heavy (non-hydrogen) atoms. The van der Waals surface area contributed by atoms with Crippen LogP contribution in [0, 0.1) is 0 Å². The van der Waals surface area contributed by atoms with Crippen LogP contribution in [0.5, 0.6) is 0 Å². The molecule has 3 heterocycles. The Balaban J connectivity index is 1.76. The highest BCUT2D eigenvalue weighted by atomic mass is 16.2. The fourth-order valence-corrected chi connectivity index (χ4v) is 3.65. The second-order valence-electron chi connectivity index (χ2n) is 6.64. The molecule has 0 atom stereocenters. The first kappa shape index (κ1) is 15.4. The van der Waals surface area contributed by atoms with E-state index in [9.17, 15) is 4.79 Å². The Morgan fingerprint density at radius 3 is 2.71 bits per heavy atom. The minimum atomic E-state index is 0.124. The van der Waals surface area contributed by atoms with Crippen LogP contribution in [0.15, 0.2) is 30.3 Å². The highest BCUT2D eigenvalue weighted by molar-refractivity contribution is 6.02. The van der Waals surface area contributed by atoms with Crippen molar-refractivity contribution in [2.75, 3.05) is 44.2 Å². The molecule has 5 nitrogen and oxygen atoms in total. The van der Waals surface area contributed by atoms with Crippen molar-refractivity contribution in [2.45, 2.75) is 19.3 Å². The summed E-state index contributed by atoms with van der Waals surface area (Å²) in [6.45, 7) is 5.42. The standard InChI is InChI=1S/C19H24N4O/c24-19(23-12-5-8-20-9-13-23)16-14-15-6-1-2-7-17(15)21-18(16)22-10-3-4-11-22/h1-2,6-7,14,20H,3-5,8-13H2. The Kier molecular flexibility index (Phi) is 4.34. The summed E-state index contributed by atoms with van der Waals surface area (Å²) in [6, 6.07) is 10.1. The fourth-order valence-electron chi connectivity index (χ4n) is 3.65. The van der Waals surface area contributed by atoms with Crippen LogP contribution in [0.1, 0.15) is 29.6 Å². The lowest BCUT2D eigenvalue weighted by Gasteiger charge is -2.25. The average molecular weight is 324 g/mol. The normalized spacial score (nSPS) is 18.8. The lowest BCUT2D eigenvalue weighted by molar-refractivity contribution is 0.0767. The number of carbonyl (C=O) groups is 1. The number of para-hydroxylation sites is 1. The van der Waals surface area contributed by atoms with E-state index in [4.69, 9.17) is 4.98 Å². The van der Waals surface area contributed by atoms with Gasteiger partial charge in [0, 0.05) is 38.1 Å². The van der Waals surface area contributed by atoms with Crippen LogP contribution >= 0.6 is 0 Å². The summed E-state index contributed by atoms with van der Waals surface area (Å²) in [5.74, 6) is 0.993. The van der Waals surface area contributed by atoms with Crippen molar-refractivity contribution >= 4 is 22.6 Å². The number of hydrogen-bond acceptors (Lipinski definition) is 4. The maximum atomic E-state index is 13.2. The van der Waals surface area contributed by atoms with Crippen LogP contribution in [0.25, 0.3) is 10.9 Å². The van der Waals surface area contributed by atoms with Gasteiger partial charge in [0.25, 0.3) is 5.91 Å². The monoisotopic (exact) mass is 324 g/mol. The van der Waals surface area contributed by atoms with Crippen LogP contribution in [0.4, 0.5) is 5.82 Å². The molecule has 126 valence electrons. The van der Waals surface area contributed by atoms with E-state index in [-0.39, 0.29) is 5.91 Å². The molecule has 2 fully saturated rings. The zero-order valence-electron chi connectivity index (χ0n) is 14.0. The summed E-state index contributed by atoms with van der Waals surface area (Å²) in [7, 11) is 0. The van der Waals surface area contributed by atoms with Crippen molar-refractivity contribution in [2.24, 2.45) is 0 Å². The van der Waals surface area contributed by atoms with E-state index >= 15 is 0 Å². The quantitative estimate of drug-likeness (QED) is 0.921. The van der Waals surface area contributed by atoms with E-state index in [2.05, 4.69) is 10.2 Å². The fraction of sp³-hybridized carbons (Fsp3) is 0.474. The number of nitrogens with zero attached hydrogens (tertiary/aromatic N) is 3. The Morgan fingerprint density at radius 2 is 1.83 bits per heavy atom. The molecule has 2 saturated heterocycles. The summed E-state index contributed by atoms with van der Waals surface area (Å²) >= 11 is 0. The number of fused-ring (bicyclic) bond motifs is 1. The molecule has 4 rings (SSSR count). The molecule has 2 aliphatic heterocycles. The van der Waals surface area contributed by atoms with Gasteiger partial charge in [0.05, 0.1) is 11.1 Å². The highest BCUT2D eigenvalue weighted by Gasteiger charge is 2.25. The number of benzene rings is 1. The summed E-state index contributed by atoms with van der Waals surface area (Å²) in [6.07, 6.45) is 3.36. The van der Waals surface area contributed by atoms with Crippen LogP contribution in [0.3, 0.4) is 0 Å². The van der Waals surface area contributed by atoms with E-state index in [1.54, 1.807) is 0 Å². The van der Waals surface area contributed by atoms with Crippen LogP contribution in [0.2, 0.25) is 0 Å². The van der Waals surface area contributed by atoms with Crippen molar-refractivity contribution < 1.29 is 4.79 Å². The van der Waals surface area contributed by atoms with Gasteiger partial charge in [0.15, 0.2) is 0 Å². The number of hydrogen-bond donors (Lipinski definition) is 1. The summed E-state index contributed by atoms with van der Waals surface area (Å²) in [4.78, 5) is 22.3. The maximum absolute atomic E-state index is 13.2. The number of aromatic nitrogens is 1. The Bertz CT molecular complexity index is 731. The highest BCUT2D eigenvalue weighted by Crippen LogP contribution is 2.27. The van der Waals surface area contributed by atoms with Crippen molar-refractivity contribution in [3.05, 3.63) is 35.9 Å². The van der Waals surface area contributed by atoms with Crippen molar-refractivity contribution in [1.82, 2.24) is 15.2 Å². The smallest absolute Gasteiger partial charge is 0.257 e. The van der Waals surface area contributed by atoms with E-state index in [1.807, 2.05) is 35.2 Å².